The predicted octanol–water partition coefficient (Wildman–Crippen LogP) is 3.17. The number of piperidine rings is 1. The smallest absolute Gasteiger partial charge is 0.323 e. The third kappa shape index (κ3) is 3.43. The maximum absolute atomic E-state index is 13.4. The van der Waals surface area contributed by atoms with Gasteiger partial charge < -0.3 is 20.0 Å². The number of fused-ring (bicyclic) bond motifs is 2. The van der Waals surface area contributed by atoms with Gasteiger partial charge in [-0.2, -0.15) is 5.10 Å². The van der Waals surface area contributed by atoms with E-state index in [0.29, 0.717) is 46.3 Å². The zero-order valence-corrected chi connectivity index (χ0v) is 18.9. The molecule has 3 atom stereocenters. The summed E-state index contributed by atoms with van der Waals surface area (Å²) >= 11 is 6.36. The van der Waals surface area contributed by atoms with Gasteiger partial charge in [-0.3, -0.25) is 4.68 Å². The number of nitrogens with zero attached hydrogens (tertiary/aromatic N) is 6. The standard InChI is InChI=1S/C21H25ClN8O2/c1-12-6-14-9-21(8-12,19-27-26-17(32-19)10-23-2)30(14)20(31)25-13-4-5-16(22)15(7-13)18-24-11-29(3)28-18/h4-5,7,11-12,14,23H,6,8-10H2,1-3H3,(H,25,31)/t12-,14?,21?/m0/s1. The number of carbonyl (C=O) groups is 1. The van der Waals surface area contributed by atoms with Crippen molar-refractivity contribution in [1.82, 2.24) is 35.2 Å². The molecule has 3 heterocycles. The lowest BCUT2D eigenvalue weighted by Gasteiger charge is -2.61. The number of aromatic nitrogens is 5. The first kappa shape index (κ1) is 20.9. The molecule has 168 valence electrons. The quantitative estimate of drug-likeness (QED) is 0.606. The Bertz CT molecular complexity index is 1160. The number of halogens is 1. The van der Waals surface area contributed by atoms with Crippen molar-refractivity contribution < 1.29 is 9.21 Å². The van der Waals surface area contributed by atoms with Crippen LogP contribution < -0.4 is 10.6 Å². The van der Waals surface area contributed by atoms with E-state index in [1.165, 1.54) is 0 Å². The topological polar surface area (TPSA) is 114 Å². The fraction of sp³-hybridized carbons (Fsp3) is 0.476. The summed E-state index contributed by atoms with van der Waals surface area (Å²) in [6, 6.07) is 5.25. The van der Waals surface area contributed by atoms with Gasteiger partial charge in [-0.25, -0.2) is 9.78 Å². The second kappa shape index (κ2) is 7.86. The van der Waals surface area contributed by atoms with Gasteiger partial charge in [0.1, 0.15) is 11.9 Å². The molecule has 3 aromatic rings. The van der Waals surface area contributed by atoms with Crippen LogP contribution in [-0.4, -0.2) is 49.0 Å². The summed E-state index contributed by atoms with van der Waals surface area (Å²) < 4.78 is 7.54. The van der Waals surface area contributed by atoms with Crippen LogP contribution in [0.4, 0.5) is 10.5 Å². The second-order valence-electron chi connectivity index (χ2n) is 8.70. The first-order valence-corrected chi connectivity index (χ1v) is 11.0. The molecule has 2 aliphatic rings. The van der Waals surface area contributed by atoms with Gasteiger partial charge in [-0.1, -0.05) is 18.5 Å². The predicted molar refractivity (Wildman–Crippen MR) is 118 cm³/mol. The minimum atomic E-state index is -0.566. The molecule has 2 aromatic heterocycles. The van der Waals surface area contributed by atoms with Gasteiger partial charge in [0.25, 0.3) is 0 Å². The third-order valence-electron chi connectivity index (χ3n) is 6.23. The number of aryl methyl sites for hydroxylation is 1. The lowest BCUT2D eigenvalue weighted by molar-refractivity contribution is -0.110. The van der Waals surface area contributed by atoms with E-state index in [4.69, 9.17) is 16.0 Å². The molecule has 1 aromatic carbocycles. The highest BCUT2D eigenvalue weighted by Crippen LogP contribution is 2.55. The number of urea groups is 1. The summed E-state index contributed by atoms with van der Waals surface area (Å²) in [7, 11) is 3.61. The summed E-state index contributed by atoms with van der Waals surface area (Å²) in [4.78, 5) is 19.5. The van der Waals surface area contributed by atoms with Crippen LogP contribution in [0.3, 0.4) is 0 Å². The maximum Gasteiger partial charge on any atom is 0.323 e. The lowest BCUT2D eigenvalue weighted by atomic mass is 9.64. The zero-order chi connectivity index (χ0) is 22.5. The zero-order valence-electron chi connectivity index (χ0n) is 18.2. The highest BCUT2D eigenvalue weighted by atomic mass is 35.5. The van der Waals surface area contributed by atoms with E-state index >= 15 is 0 Å². The fourth-order valence-corrected chi connectivity index (χ4v) is 5.24. The third-order valence-corrected chi connectivity index (χ3v) is 6.56. The van der Waals surface area contributed by atoms with E-state index in [2.05, 4.69) is 37.8 Å². The lowest BCUT2D eigenvalue weighted by Crippen LogP contribution is -2.70. The highest BCUT2D eigenvalue weighted by Gasteiger charge is 2.62. The van der Waals surface area contributed by atoms with Crippen LogP contribution in [0.1, 0.15) is 38.0 Å². The van der Waals surface area contributed by atoms with E-state index in [-0.39, 0.29) is 12.1 Å². The molecule has 1 aliphatic heterocycles. The molecule has 0 radical (unpaired) electrons. The largest absolute Gasteiger partial charge is 0.421 e. The number of anilines is 1. The molecular weight excluding hydrogens is 432 g/mol. The van der Waals surface area contributed by atoms with Crippen molar-refractivity contribution in [3.63, 3.8) is 0 Å². The van der Waals surface area contributed by atoms with Gasteiger partial charge in [0, 0.05) is 30.8 Å². The van der Waals surface area contributed by atoms with Crippen LogP contribution in [0.15, 0.2) is 28.9 Å². The fourth-order valence-electron chi connectivity index (χ4n) is 5.03. The van der Waals surface area contributed by atoms with E-state index in [9.17, 15) is 4.79 Å². The summed E-state index contributed by atoms with van der Waals surface area (Å²) in [5.41, 5.74) is 0.714. The summed E-state index contributed by atoms with van der Waals surface area (Å²) in [5.74, 6) is 2.00. The summed E-state index contributed by atoms with van der Waals surface area (Å²) in [6.07, 6.45) is 4.18. The van der Waals surface area contributed by atoms with Crippen LogP contribution in [0.5, 0.6) is 0 Å². The Morgan fingerprint density at radius 1 is 1.34 bits per heavy atom. The van der Waals surface area contributed by atoms with Crippen molar-refractivity contribution in [2.45, 2.75) is 44.3 Å². The van der Waals surface area contributed by atoms with Crippen LogP contribution in [0, 0.1) is 5.92 Å². The van der Waals surface area contributed by atoms with Gasteiger partial charge >= 0.3 is 6.03 Å². The van der Waals surface area contributed by atoms with Crippen LogP contribution >= 0.6 is 11.6 Å². The molecule has 1 aliphatic carbocycles. The van der Waals surface area contributed by atoms with Gasteiger partial charge in [0.15, 0.2) is 5.82 Å². The van der Waals surface area contributed by atoms with E-state index < -0.39 is 5.54 Å². The molecule has 10 nitrogen and oxygen atoms in total. The Labute approximate surface area is 190 Å². The second-order valence-corrected chi connectivity index (χ2v) is 9.11. The van der Waals surface area contributed by atoms with Crippen molar-refractivity contribution in [1.29, 1.82) is 0 Å². The molecule has 0 spiro atoms. The number of hydrogen-bond acceptors (Lipinski definition) is 7. The summed E-state index contributed by atoms with van der Waals surface area (Å²) in [5, 5.41) is 19.3. The number of rotatable bonds is 5. The minimum Gasteiger partial charge on any atom is -0.421 e. The van der Waals surface area contributed by atoms with Gasteiger partial charge in [-0.15, -0.1) is 10.2 Å². The van der Waals surface area contributed by atoms with Crippen LogP contribution in [0.2, 0.25) is 5.02 Å². The van der Waals surface area contributed by atoms with E-state index in [1.54, 1.807) is 36.3 Å². The Balaban J connectivity index is 1.41. The number of hydrogen-bond donors (Lipinski definition) is 2. The molecule has 2 amide bonds. The number of benzene rings is 1. The van der Waals surface area contributed by atoms with Crippen molar-refractivity contribution >= 4 is 23.3 Å². The molecule has 1 saturated carbocycles. The molecule has 2 bridgehead atoms. The minimum absolute atomic E-state index is 0.141. The molecule has 2 unspecified atom stereocenters. The molecule has 2 N–H and O–H groups in total. The van der Waals surface area contributed by atoms with Crippen molar-refractivity contribution in [3.8, 4) is 11.4 Å². The SMILES string of the molecule is CNCc1nnc(C23CC(C[C@H](C)C2)N3C(=O)Nc2ccc(Cl)c(-c3ncn(C)n3)c2)o1. The number of likely N-dealkylation sites (tertiary alicyclic amines) is 1. The molecular formula is C21H25ClN8O2. The van der Waals surface area contributed by atoms with Gasteiger partial charge in [-0.05, 0) is 44.0 Å². The first-order valence-electron chi connectivity index (χ1n) is 10.6. The Morgan fingerprint density at radius 2 is 2.19 bits per heavy atom. The van der Waals surface area contributed by atoms with Crippen LogP contribution in [-0.2, 0) is 19.1 Å². The number of nitrogens with one attached hydrogen (secondary N) is 2. The normalized spacial score (nSPS) is 24.3. The molecule has 1 saturated heterocycles. The van der Waals surface area contributed by atoms with Crippen molar-refractivity contribution in [3.05, 3.63) is 41.3 Å². The Morgan fingerprint density at radius 3 is 2.94 bits per heavy atom. The van der Waals surface area contributed by atoms with Gasteiger partial charge in [0.2, 0.25) is 11.8 Å². The molecule has 32 heavy (non-hydrogen) atoms. The van der Waals surface area contributed by atoms with E-state index in [0.717, 1.165) is 19.3 Å². The van der Waals surface area contributed by atoms with Crippen molar-refractivity contribution in [2.24, 2.45) is 13.0 Å². The number of amides is 2. The Kier molecular flexibility index (Phi) is 5.13. The molecule has 5 rings (SSSR count). The maximum atomic E-state index is 13.4. The van der Waals surface area contributed by atoms with Crippen LogP contribution in [0.25, 0.3) is 11.4 Å². The monoisotopic (exact) mass is 456 g/mol. The first-order chi connectivity index (χ1) is 15.4. The average Bonchev–Trinajstić information content (AvgIpc) is 3.38. The summed E-state index contributed by atoms with van der Waals surface area (Å²) in [6.45, 7) is 2.69. The number of carbonyl (C=O) groups excluding carboxylic acids is 1. The van der Waals surface area contributed by atoms with E-state index in [1.807, 2.05) is 11.9 Å². The molecule has 2 fully saturated rings. The van der Waals surface area contributed by atoms with Crippen molar-refractivity contribution in [2.75, 3.05) is 12.4 Å². The Hall–Kier alpha value is -2.98. The highest BCUT2D eigenvalue weighted by molar-refractivity contribution is 6.33. The van der Waals surface area contributed by atoms with Gasteiger partial charge in [0.05, 0.1) is 11.6 Å². The average molecular weight is 457 g/mol. The molecule has 11 heteroatoms.